The molecule has 0 amide bonds. The number of benzene rings is 2. The lowest BCUT2D eigenvalue weighted by molar-refractivity contribution is 0.230. The lowest BCUT2D eigenvalue weighted by atomic mass is 10.1. The maximum absolute atomic E-state index is 5.96. The number of aromatic nitrogens is 2. The van der Waals surface area contributed by atoms with Gasteiger partial charge in [0.15, 0.2) is 6.73 Å². The molecule has 0 aliphatic carbocycles. The molecule has 0 radical (unpaired) electrons. The molecule has 3 aromatic rings. The van der Waals surface area contributed by atoms with E-state index in [2.05, 4.69) is 51.7 Å². The SMILES string of the molecule is Cc1cccc2c1OCn1c-2nc(Br)c1-c1ccccc1. The van der Waals surface area contributed by atoms with Gasteiger partial charge in [0.2, 0.25) is 0 Å². The van der Waals surface area contributed by atoms with Gasteiger partial charge in [-0.3, -0.25) is 4.57 Å². The van der Waals surface area contributed by atoms with Crippen molar-refractivity contribution >= 4 is 15.9 Å². The van der Waals surface area contributed by atoms with E-state index >= 15 is 0 Å². The lowest BCUT2D eigenvalue weighted by Gasteiger charge is -2.22. The van der Waals surface area contributed by atoms with Crippen molar-refractivity contribution in [3.63, 3.8) is 0 Å². The third-order valence-corrected chi connectivity index (χ3v) is 4.32. The molecule has 0 atom stereocenters. The molecule has 0 fully saturated rings. The highest BCUT2D eigenvalue weighted by molar-refractivity contribution is 9.10. The normalized spacial score (nSPS) is 12.5. The monoisotopic (exact) mass is 340 g/mol. The number of aryl methyl sites for hydroxylation is 1. The lowest BCUT2D eigenvalue weighted by Crippen LogP contribution is -2.14. The van der Waals surface area contributed by atoms with Crippen molar-refractivity contribution in [2.45, 2.75) is 13.7 Å². The third-order valence-electron chi connectivity index (χ3n) is 3.76. The fourth-order valence-corrected chi connectivity index (χ4v) is 3.39. The molecule has 1 aromatic heterocycles. The van der Waals surface area contributed by atoms with Gasteiger partial charge in [0.25, 0.3) is 0 Å². The van der Waals surface area contributed by atoms with Gasteiger partial charge in [-0.05, 0) is 34.5 Å². The molecule has 104 valence electrons. The molecular formula is C17H13BrN2O. The molecule has 0 N–H and O–H groups in total. The molecule has 0 unspecified atom stereocenters. The summed E-state index contributed by atoms with van der Waals surface area (Å²) in [5, 5.41) is 0. The average Bonchev–Trinajstić information content (AvgIpc) is 2.85. The zero-order chi connectivity index (χ0) is 14.4. The Morgan fingerprint density at radius 3 is 2.71 bits per heavy atom. The quantitative estimate of drug-likeness (QED) is 0.645. The van der Waals surface area contributed by atoms with Crippen molar-refractivity contribution in [2.24, 2.45) is 0 Å². The van der Waals surface area contributed by atoms with Gasteiger partial charge in [-0.1, -0.05) is 42.5 Å². The molecule has 4 heteroatoms. The standard InChI is InChI=1S/C17H13BrN2O/c1-11-6-5-9-13-15(11)21-10-20-14(16(18)19-17(13)20)12-7-3-2-4-8-12/h2-9H,10H2,1H3. The van der Waals surface area contributed by atoms with E-state index in [0.717, 1.165) is 38.6 Å². The van der Waals surface area contributed by atoms with Crippen LogP contribution in [0.2, 0.25) is 0 Å². The Morgan fingerprint density at radius 1 is 1.10 bits per heavy atom. The van der Waals surface area contributed by atoms with Crippen LogP contribution in [0.4, 0.5) is 0 Å². The number of halogens is 1. The van der Waals surface area contributed by atoms with Crippen molar-refractivity contribution in [2.75, 3.05) is 0 Å². The van der Waals surface area contributed by atoms with Gasteiger partial charge in [0.05, 0.1) is 11.3 Å². The summed E-state index contributed by atoms with van der Waals surface area (Å²) in [6.07, 6.45) is 0. The minimum atomic E-state index is 0.482. The van der Waals surface area contributed by atoms with E-state index in [9.17, 15) is 0 Å². The van der Waals surface area contributed by atoms with Gasteiger partial charge in [-0.25, -0.2) is 4.98 Å². The fourth-order valence-electron chi connectivity index (χ4n) is 2.78. The van der Waals surface area contributed by atoms with E-state index in [-0.39, 0.29) is 0 Å². The van der Waals surface area contributed by atoms with Gasteiger partial charge in [0.1, 0.15) is 16.2 Å². The summed E-state index contributed by atoms with van der Waals surface area (Å²) in [5.74, 6) is 1.88. The van der Waals surface area contributed by atoms with E-state index in [4.69, 9.17) is 9.72 Å². The summed E-state index contributed by atoms with van der Waals surface area (Å²) in [4.78, 5) is 4.71. The van der Waals surface area contributed by atoms with Gasteiger partial charge < -0.3 is 4.74 Å². The van der Waals surface area contributed by atoms with Crippen LogP contribution < -0.4 is 4.74 Å². The van der Waals surface area contributed by atoms with E-state index in [0.29, 0.717) is 6.73 Å². The van der Waals surface area contributed by atoms with E-state index in [1.165, 1.54) is 0 Å². The second kappa shape index (κ2) is 4.74. The van der Waals surface area contributed by atoms with Crippen LogP contribution in [0.5, 0.6) is 5.75 Å². The van der Waals surface area contributed by atoms with E-state index in [1.807, 2.05) is 24.3 Å². The average molecular weight is 341 g/mol. The van der Waals surface area contributed by atoms with Crippen molar-refractivity contribution in [1.29, 1.82) is 0 Å². The maximum atomic E-state index is 5.96. The third kappa shape index (κ3) is 1.90. The molecule has 21 heavy (non-hydrogen) atoms. The number of imidazole rings is 1. The van der Waals surface area contributed by atoms with Crippen LogP contribution in [0, 0.1) is 6.92 Å². The Morgan fingerprint density at radius 2 is 1.90 bits per heavy atom. The smallest absolute Gasteiger partial charge is 0.167 e. The van der Waals surface area contributed by atoms with Gasteiger partial charge in [-0.15, -0.1) is 0 Å². The zero-order valence-corrected chi connectivity index (χ0v) is 13.1. The minimum absolute atomic E-state index is 0.482. The molecule has 2 heterocycles. The molecule has 1 aliphatic heterocycles. The number of hydrogen-bond acceptors (Lipinski definition) is 2. The van der Waals surface area contributed by atoms with Crippen molar-refractivity contribution < 1.29 is 4.74 Å². The van der Waals surface area contributed by atoms with Crippen molar-refractivity contribution in [3.05, 3.63) is 58.7 Å². The number of rotatable bonds is 1. The highest BCUT2D eigenvalue weighted by Crippen LogP contribution is 2.41. The summed E-state index contributed by atoms with van der Waals surface area (Å²) in [6, 6.07) is 16.4. The topological polar surface area (TPSA) is 27.1 Å². The first-order valence-electron chi connectivity index (χ1n) is 6.80. The van der Waals surface area contributed by atoms with Crippen LogP contribution in [0.1, 0.15) is 5.56 Å². The van der Waals surface area contributed by atoms with Gasteiger partial charge in [0, 0.05) is 5.56 Å². The summed E-state index contributed by atoms with van der Waals surface area (Å²) >= 11 is 3.60. The molecule has 2 aromatic carbocycles. The molecule has 1 aliphatic rings. The highest BCUT2D eigenvalue weighted by atomic mass is 79.9. The fraction of sp³-hybridized carbons (Fsp3) is 0.118. The number of para-hydroxylation sites is 1. The number of fused-ring (bicyclic) bond motifs is 3. The molecule has 0 saturated heterocycles. The summed E-state index contributed by atoms with van der Waals surface area (Å²) in [7, 11) is 0. The Hall–Kier alpha value is -2.07. The van der Waals surface area contributed by atoms with Crippen LogP contribution in [-0.2, 0) is 6.73 Å². The van der Waals surface area contributed by atoms with Crippen LogP contribution in [0.15, 0.2) is 53.1 Å². The maximum Gasteiger partial charge on any atom is 0.167 e. The predicted molar refractivity (Wildman–Crippen MR) is 86.2 cm³/mol. The summed E-state index contributed by atoms with van der Waals surface area (Å²) in [6.45, 7) is 2.54. The number of nitrogens with zero attached hydrogens (tertiary/aromatic N) is 2. The van der Waals surface area contributed by atoms with Crippen LogP contribution >= 0.6 is 15.9 Å². The second-order valence-corrected chi connectivity index (χ2v) is 5.85. The van der Waals surface area contributed by atoms with Crippen LogP contribution in [0.25, 0.3) is 22.6 Å². The van der Waals surface area contributed by atoms with Crippen molar-refractivity contribution in [1.82, 2.24) is 9.55 Å². The Labute approximate surface area is 131 Å². The van der Waals surface area contributed by atoms with E-state index in [1.54, 1.807) is 0 Å². The zero-order valence-electron chi connectivity index (χ0n) is 11.5. The highest BCUT2D eigenvalue weighted by Gasteiger charge is 2.25. The molecular weight excluding hydrogens is 328 g/mol. The Bertz CT molecular complexity index is 824. The van der Waals surface area contributed by atoms with Gasteiger partial charge in [-0.2, -0.15) is 0 Å². The van der Waals surface area contributed by atoms with Gasteiger partial charge >= 0.3 is 0 Å². The first kappa shape index (κ1) is 12.7. The molecule has 0 spiro atoms. The molecule has 0 saturated carbocycles. The number of ether oxygens (including phenoxy) is 1. The minimum Gasteiger partial charge on any atom is -0.472 e. The summed E-state index contributed by atoms with van der Waals surface area (Å²) in [5.41, 5.74) is 4.36. The second-order valence-electron chi connectivity index (χ2n) is 5.09. The first-order valence-corrected chi connectivity index (χ1v) is 7.59. The Balaban J connectivity index is 1.97. The Kier molecular flexibility index (Phi) is 2.86. The number of hydrogen-bond donors (Lipinski definition) is 0. The first-order chi connectivity index (χ1) is 10.3. The molecule has 3 nitrogen and oxygen atoms in total. The van der Waals surface area contributed by atoms with Crippen molar-refractivity contribution in [3.8, 4) is 28.4 Å². The van der Waals surface area contributed by atoms with E-state index < -0.39 is 0 Å². The van der Waals surface area contributed by atoms with Crippen LogP contribution in [0.3, 0.4) is 0 Å². The summed E-state index contributed by atoms with van der Waals surface area (Å²) < 4.78 is 8.92. The molecule has 0 bridgehead atoms. The predicted octanol–water partition coefficient (Wildman–Crippen LogP) is 4.64. The molecule has 4 rings (SSSR count). The van der Waals surface area contributed by atoms with Crippen LogP contribution in [-0.4, -0.2) is 9.55 Å². The largest absolute Gasteiger partial charge is 0.472 e.